The zero-order valence-electron chi connectivity index (χ0n) is 17.8. The molecule has 1 unspecified atom stereocenters. The fourth-order valence-corrected chi connectivity index (χ4v) is 3.67. The molecule has 1 atom stereocenters. The molecule has 3 N–H and O–H groups in total. The number of rotatable bonds is 9. The Balaban J connectivity index is 0.00000450. The number of halogens is 4. The fourth-order valence-electron chi connectivity index (χ4n) is 3.67. The van der Waals surface area contributed by atoms with Crippen LogP contribution in [0.2, 0.25) is 0 Å². The van der Waals surface area contributed by atoms with Gasteiger partial charge in [-0.3, -0.25) is 9.89 Å². The lowest BCUT2D eigenvalue weighted by Gasteiger charge is -2.32. The first-order chi connectivity index (χ1) is 13.8. The minimum Gasteiger partial charge on any atom is -0.450 e. The van der Waals surface area contributed by atoms with Gasteiger partial charge in [-0.1, -0.05) is 0 Å². The summed E-state index contributed by atoms with van der Waals surface area (Å²) in [5, 5.41) is 9.40. The number of likely N-dealkylation sites (tertiary alicyclic amines) is 1. The summed E-state index contributed by atoms with van der Waals surface area (Å²) in [5.41, 5.74) is 0. The van der Waals surface area contributed by atoms with Crippen LogP contribution in [0.4, 0.5) is 18.0 Å². The van der Waals surface area contributed by atoms with Crippen molar-refractivity contribution in [1.29, 1.82) is 0 Å². The van der Waals surface area contributed by atoms with Gasteiger partial charge in [-0.25, -0.2) is 4.79 Å². The zero-order valence-corrected chi connectivity index (χ0v) is 20.1. The SMILES string of the molecule is CCOC(=O)NC(CNC(=NC)NCCC1CCN(CC(F)(F)F)CC1)C1CC1.I. The highest BCUT2D eigenvalue weighted by Crippen LogP contribution is 2.32. The minimum absolute atomic E-state index is 0. The normalized spacial score (nSPS) is 19.6. The summed E-state index contributed by atoms with van der Waals surface area (Å²) in [6.07, 6.45) is 0.149. The van der Waals surface area contributed by atoms with Crippen molar-refractivity contribution in [2.75, 3.05) is 46.4 Å². The first-order valence-electron chi connectivity index (χ1n) is 10.5. The van der Waals surface area contributed by atoms with E-state index >= 15 is 0 Å². The van der Waals surface area contributed by atoms with Crippen LogP contribution < -0.4 is 16.0 Å². The fraction of sp³-hybridized carbons (Fsp3) is 0.895. The largest absolute Gasteiger partial charge is 0.450 e. The van der Waals surface area contributed by atoms with Crippen molar-refractivity contribution in [2.24, 2.45) is 16.8 Å². The number of carbonyl (C=O) groups is 1. The van der Waals surface area contributed by atoms with Crippen LogP contribution in [-0.4, -0.2) is 75.5 Å². The Labute approximate surface area is 194 Å². The molecule has 1 aliphatic carbocycles. The molecule has 176 valence electrons. The van der Waals surface area contributed by atoms with E-state index in [1.807, 2.05) is 0 Å². The van der Waals surface area contributed by atoms with E-state index in [-0.39, 0.29) is 30.0 Å². The molecule has 30 heavy (non-hydrogen) atoms. The maximum absolute atomic E-state index is 12.5. The summed E-state index contributed by atoms with van der Waals surface area (Å²) in [6, 6.07) is 0.00515. The van der Waals surface area contributed by atoms with Crippen molar-refractivity contribution >= 4 is 36.0 Å². The third-order valence-corrected chi connectivity index (χ3v) is 5.44. The van der Waals surface area contributed by atoms with E-state index in [0.29, 0.717) is 50.6 Å². The average molecular weight is 549 g/mol. The molecule has 2 rings (SSSR count). The second kappa shape index (κ2) is 13.4. The number of alkyl carbamates (subject to hydrolysis) is 1. The van der Waals surface area contributed by atoms with Crippen molar-refractivity contribution in [3.63, 3.8) is 0 Å². The number of ether oxygens (including phenoxy) is 1. The third kappa shape index (κ3) is 10.9. The van der Waals surface area contributed by atoms with Crippen molar-refractivity contribution in [3.05, 3.63) is 0 Å². The van der Waals surface area contributed by atoms with E-state index in [1.54, 1.807) is 14.0 Å². The molecule has 7 nitrogen and oxygen atoms in total. The van der Waals surface area contributed by atoms with Gasteiger partial charge in [0.15, 0.2) is 5.96 Å². The number of nitrogens with zero attached hydrogens (tertiary/aromatic N) is 2. The lowest BCUT2D eigenvalue weighted by Crippen LogP contribution is -2.48. The predicted molar refractivity (Wildman–Crippen MR) is 121 cm³/mol. The second-order valence-electron chi connectivity index (χ2n) is 7.81. The van der Waals surface area contributed by atoms with E-state index in [2.05, 4.69) is 20.9 Å². The van der Waals surface area contributed by atoms with Gasteiger partial charge in [0.25, 0.3) is 0 Å². The lowest BCUT2D eigenvalue weighted by atomic mass is 9.93. The molecule has 0 radical (unpaired) electrons. The summed E-state index contributed by atoms with van der Waals surface area (Å²) in [6.45, 7) is 3.59. The van der Waals surface area contributed by atoms with E-state index in [9.17, 15) is 18.0 Å². The number of hydrogen-bond acceptors (Lipinski definition) is 4. The van der Waals surface area contributed by atoms with Gasteiger partial charge in [0, 0.05) is 20.1 Å². The summed E-state index contributed by atoms with van der Waals surface area (Å²) in [5.74, 6) is 1.55. The van der Waals surface area contributed by atoms with Crippen molar-refractivity contribution < 1.29 is 22.7 Å². The van der Waals surface area contributed by atoms with Gasteiger partial charge >= 0.3 is 12.3 Å². The summed E-state index contributed by atoms with van der Waals surface area (Å²) in [7, 11) is 1.69. The maximum atomic E-state index is 12.5. The van der Waals surface area contributed by atoms with Gasteiger partial charge < -0.3 is 20.7 Å². The standard InChI is InChI=1S/C19H34F3N5O2.HI/c1-3-29-18(28)26-16(15-4-5-15)12-25-17(23-2)24-9-6-14-7-10-27(11-8-14)13-19(20,21)22;/h14-16H,3-13H2,1-2H3,(H,26,28)(H2,23,24,25);1H. The number of carbonyl (C=O) groups excluding carboxylic acids is 1. The minimum atomic E-state index is -4.12. The Morgan fingerprint density at radius 3 is 2.40 bits per heavy atom. The molecular formula is C19H35F3IN5O2. The highest BCUT2D eigenvalue weighted by Gasteiger charge is 2.33. The molecule has 2 aliphatic rings. The predicted octanol–water partition coefficient (Wildman–Crippen LogP) is 2.96. The van der Waals surface area contributed by atoms with Gasteiger partial charge in [-0.2, -0.15) is 13.2 Å². The molecule has 1 saturated heterocycles. The molecule has 0 aromatic heterocycles. The molecule has 1 aliphatic heterocycles. The molecule has 0 spiro atoms. The second-order valence-corrected chi connectivity index (χ2v) is 7.81. The van der Waals surface area contributed by atoms with Crippen LogP contribution in [0.1, 0.15) is 39.0 Å². The van der Waals surface area contributed by atoms with Crippen LogP contribution in [0, 0.1) is 11.8 Å². The number of nitrogens with one attached hydrogen (secondary N) is 3. The van der Waals surface area contributed by atoms with Crippen LogP contribution in [-0.2, 0) is 4.74 Å². The monoisotopic (exact) mass is 549 g/mol. The molecule has 1 heterocycles. The Morgan fingerprint density at radius 2 is 1.87 bits per heavy atom. The van der Waals surface area contributed by atoms with E-state index in [0.717, 1.165) is 32.1 Å². The van der Waals surface area contributed by atoms with Crippen LogP contribution in [0.5, 0.6) is 0 Å². The van der Waals surface area contributed by atoms with Gasteiger partial charge in [0.05, 0.1) is 19.2 Å². The Bertz CT molecular complexity index is 539. The van der Waals surface area contributed by atoms with Crippen LogP contribution in [0.25, 0.3) is 0 Å². The molecule has 0 aromatic rings. The van der Waals surface area contributed by atoms with Gasteiger partial charge in [-0.15, -0.1) is 24.0 Å². The molecule has 0 bridgehead atoms. The number of amides is 1. The third-order valence-electron chi connectivity index (χ3n) is 5.44. The van der Waals surface area contributed by atoms with Crippen LogP contribution >= 0.6 is 24.0 Å². The lowest BCUT2D eigenvalue weighted by molar-refractivity contribution is -0.148. The molecule has 0 aromatic carbocycles. The quantitative estimate of drug-likeness (QED) is 0.234. The summed E-state index contributed by atoms with van der Waals surface area (Å²) < 4.78 is 42.3. The summed E-state index contributed by atoms with van der Waals surface area (Å²) >= 11 is 0. The molecule has 1 amide bonds. The highest BCUT2D eigenvalue weighted by atomic mass is 127. The number of hydrogen-bond donors (Lipinski definition) is 3. The Morgan fingerprint density at radius 1 is 1.20 bits per heavy atom. The van der Waals surface area contributed by atoms with Crippen LogP contribution in [0.15, 0.2) is 4.99 Å². The topological polar surface area (TPSA) is 78.0 Å². The molecular weight excluding hydrogens is 514 g/mol. The van der Waals surface area contributed by atoms with Crippen molar-refractivity contribution in [2.45, 2.75) is 51.2 Å². The van der Waals surface area contributed by atoms with E-state index < -0.39 is 18.8 Å². The maximum Gasteiger partial charge on any atom is 0.407 e. The number of piperidine rings is 1. The number of alkyl halides is 3. The first-order valence-corrected chi connectivity index (χ1v) is 10.5. The van der Waals surface area contributed by atoms with E-state index in [4.69, 9.17) is 4.74 Å². The van der Waals surface area contributed by atoms with Gasteiger partial charge in [0.2, 0.25) is 0 Å². The van der Waals surface area contributed by atoms with Gasteiger partial charge in [0.1, 0.15) is 0 Å². The number of aliphatic imine (C=N–C) groups is 1. The average Bonchev–Trinajstić information content (AvgIpc) is 3.49. The van der Waals surface area contributed by atoms with Crippen molar-refractivity contribution in [1.82, 2.24) is 20.9 Å². The molecule has 2 fully saturated rings. The van der Waals surface area contributed by atoms with Gasteiger partial charge in [-0.05, 0) is 64.0 Å². The summed E-state index contributed by atoms with van der Waals surface area (Å²) in [4.78, 5) is 17.4. The van der Waals surface area contributed by atoms with Crippen molar-refractivity contribution in [3.8, 4) is 0 Å². The van der Waals surface area contributed by atoms with Crippen LogP contribution in [0.3, 0.4) is 0 Å². The molecule has 11 heteroatoms. The highest BCUT2D eigenvalue weighted by molar-refractivity contribution is 14.0. The Hall–Kier alpha value is -0.980. The number of guanidine groups is 1. The first kappa shape index (κ1) is 27.1. The van der Waals surface area contributed by atoms with E-state index in [1.165, 1.54) is 4.90 Å². The molecule has 1 saturated carbocycles. The Kier molecular flexibility index (Phi) is 12.1. The zero-order chi connectivity index (χ0) is 21.3. The smallest absolute Gasteiger partial charge is 0.407 e.